The van der Waals surface area contributed by atoms with Crippen LogP contribution in [0.5, 0.6) is 0 Å². The quantitative estimate of drug-likeness (QED) is 0.526. The van der Waals surface area contributed by atoms with Gasteiger partial charge in [-0.25, -0.2) is 5.01 Å². The van der Waals surface area contributed by atoms with Crippen molar-refractivity contribution in [2.24, 2.45) is 0 Å². The van der Waals surface area contributed by atoms with E-state index in [4.69, 9.17) is 4.74 Å². The molecule has 54 valence electrons. The summed E-state index contributed by atoms with van der Waals surface area (Å²) < 4.78 is 5.20. The van der Waals surface area contributed by atoms with Gasteiger partial charge in [-0.2, -0.15) is 0 Å². The minimum atomic E-state index is 0.579. The Bertz CT molecular complexity index is 81.1. The van der Waals surface area contributed by atoms with E-state index in [2.05, 4.69) is 10.4 Å². The second-order valence-electron chi connectivity index (χ2n) is 2.35. The Hall–Kier alpha value is -0.120. The lowest BCUT2D eigenvalue weighted by Gasteiger charge is -2.20. The SMILES string of the molecule is CNN(C)[C@H]1CCOC1. The number of hydrazine groups is 1. The van der Waals surface area contributed by atoms with Gasteiger partial charge in [0, 0.05) is 19.7 Å². The van der Waals surface area contributed by atoms with Crippen molar-refractivity contribution in [3.63, 3.8) is 0 Å². The van der Waals surface area contributed by atoms with E-state index in [0.29, 0.717) is 6.04 Å². The molecule has 1 saturated heterocycles. The van der Waals surface area contributed by atoms with E-state index in [-0.39, 0.29) is 0 Å². The molecular weight excluding hydrogens is 116 g/mol. The summed E-state index contributed by atoms with van der Waals surface area (Å²) in [5.74, 6) is 0. The second kappa shape index (κ2) is 3.15. The zero-order chi connectivity index (χ0) is 6.69. The standard InChI is InChI=1S/C6H14N2O/c1-7-8(2)6-3-4-9-5-6/h6-7H,3-5H2,1-2H3/t6-/m0/s1. The van der Waals surface area contributed by atoms with Crippen LogP contribution in [0.4, 0.5) is 0 Å². The largest absolute Gasteiger partial charge is 0.380 e. The summed E-state index contributed by atoms with van der Waals surface area (Å²) >= 11 is 0. The van der Waals surface area contributed by atoms with Crippen LogP contribution in [-0.4, -0.2) is 38.4 Å². The molecule has 0 aliphatic carbocycles. The molecule has 0 amide bonds. The maximum Gasteiger partial charge on any atom is 0.0636 e. The molecule has 0 spiro atoms. The Morgan fingerprint density at radius 1 is 1.67 bits per heavy atom. The van der Waals surface area contributed by atoms with Crippen molar-refractivity contribution in [1.82, 2.24) is 10.4 Å². The summed E-state index contributed by atoms with van der Waals surface area (Å²) in [6, 6.07) is 0.579. The summed E-state index contributed by atoms with van der Waals surface area (Å²) in [6.45, 7) is 1.79. The number of nitrogens with one attached hydrogen (secondary N) is 1. The summed E-state index contributed by atoms with van der Waals surface area (Å²) in [5, 5.41) is 2.09. The van der Waals surface area contributed by atoms with Gasteiger partial charge in [0.15, 0.2) is 0 Å². The molecule has 1 aliphatic rings. The Morgan fingerprint density at radius 2 is 2.44 bits per heavy atom. The summed E-state index contributed by atoms with van der Waals surface area (Å²) in [5.41, 5.74) is 3.06. The van der Waals surface area contributed by atoms with Crippen LogP contribution >= 0.6 is 0 Å². The van der Waals surface area contributed by atoms with Crippen LogP contribution in [-0.2, 0) is 4.74 Å². The molecule has 1 aliphatic heterocycles. The molecule has 0 radical (unpaired) electrons. The molecule has 0 bridgehead atoms. The van der Waals surface area contributed by atoms with Gasteiger partial charge in [0.1, 0.15) is 0 Å². The van der Waals surface area contributed by atoms with Gasteiger partial charge in [-0.05, 0) is 13.5 Å². The molecule has 0 saturated carbocycles. The first-order valence-corrected chi connectivity index (χ1v) is 3.32. The maximum absolute atomic E-state index is 5.20. The van der Waals surface area contributed by atoms with Crippen molar-refractivity contribution in [2.75, 3.05) is 27.3 Å². The Labute approximate surface area is 56.0 Å². The average molecular weight is 130 g/mol. The molecule has 1 N–H and O–H groups in total. The summed E-state index contributed by atoms with van der Waals surface area (Å²) in [6.07, 6.45) is 1.15. The van der Waals surface area contributed by atoms with Crippen molar-refractivity contribution in [2.45, 2.75) is 12.5 Å². The minimum Gasteiger partial charge on any atom is -0.380 e. The predicted octanol–water partition coefficient (Wildman–Crippen LogP) is -0.159. The van der Waals surface area contributed by atoms with E-state index in [0.717, 1.165) is 19.6 Å². The highest BCUT2D eigenvalue weighted by molar-refractivity contribution is 4.69. The van der Waals surface area contributed by atoms with Crippen molar-refractivity contribution in [3.8, 4) is 0 Å². The Kier molecular flexibility index (Phi) is 2.45. The van der Waals surface area contributed by atoms with Crippen LogP contribution in [0.25, 0.3) is 0 Å². The normalized spacial score (nSPS) is 27.7. The lowest BCUT2D eigenvalue weighted by Crippen LogP contribution is -2.40. The number of rotatable bonds is 2. The lowest BCUT2D eigenvalue weighted by atomic mass is 10.3. The highest BCUT2D eigenvalue weighted by Crippen LogP contribution is 2.07. The number of hydrogen-bond donors (Lipinski definition) is 1. The predicted molar refractivity (Wildman–Crippen MR) is 36.0 cm³/mol. The first-order valence-electron chi connectivity index (χ1n) is 3.32. The van der Waals surface area contributed by atoms with Crippen LogP contribution in [0.3, 0.4) is 0 Å². The molecule has 9 heavy (non-hydrogen) atoms. The molecule has 1 rings (SSSR count). The third-order valence-electron chi connectivity index (χ3n) is 1.81. The number of likely N-dealkylation sites (N-methyl/N-ethyl adjacent to an activating group) is 1. The minimum absolute atomic E-state index is 0.579. The molecule has 0 aromatic heterocycles. The van der Waals surface area contributed by atoms with Crippen molar-refractivity contribution in [3.05, 3.63) is 0 Å². The summed E-state index contributed by atoms with van der Waals surface area (Å²) in [4.78, 5) is 0. The van der Waals surface area contributed by atoms with Crippen LogP contribution < -0.4 is 5.43 Å². The zero-order valence-corrected chi connectivity index (χ0v) is 6.05. The fourth-order valence-corrected chi connectivity index (χ4v) is 1.01. The van der Waals surface area contributed by atoms with Crippen LogP contribution in [0.2, 0.25) is 0 Å². The van der Waals surface area contributed by atoms with Crippen LogP contribution in [0.1, 0.15) is 6.42 Å². The van der Waals surface area contributed by atoms with Gasteiger partial charge < -0.3 is 4.74 Å². The smallest absolute Gasteiger partial charge is 0.0636 e. The number of ether oxygens (including phenoxy) is 1. The van der Waals surface area contributed by atoms with Gasteiger partial charge in [-0.3, -0.25) is 5.43 Å². The van der Waals surface area contributed by atoms with E-state index in [1.54, 1.807) is 0 Å². The topological polar surface area (TPSA) is 24.5 Å². The molecule has 0 unspecified atom stereocenters. The van der Waals surface area contributed by atoms with Crippen molar-refractivity contribution < 1.29 is 4.74 Å². The Balaban J connectivity index is 2.24. The third kappa shape index (κ3) is 1.64. The van der Waals surface area contributed by atoms with E-state index >= 15 is 0 Å². The van der Waals surface area contributed by atoms with Crippen molar-refractivity contribution in [1.29, 1.82) is 0 Å². The van der Waals surface area contributed by atoms with Gasteiger partial charge in [-0.1, -0.05) is 0 Å². The molecule has 0 aromatic carbocycles. The highest BCUT2D eigenvalue weighted by Gasteiger charge is 2.18. The lowest BCUT2D eigenvalue weighted by molar-refractivity contribution is 0.136. The highest BCUT2D eigenvalue weighted by atomic mass is 16.5. The van der Waals surface area contributed by atoms with E-state index in [9.17, 15) is 0 Å². The molecule has 1 atom stereocenters. The monoisotopic (exact) mass is 130 g/mol. The van der Waals surface area contributed by atoms with Gasteiger partial charge in [-0.15, -0.1) is 0 Å². The van der Waals surface area contributed by atoms with E-state index < -0.39 is 0 Å². The first kappa shape index (κ1) is 6.99. The average Bonchev–Trinajstić information content (AvgIpc) is 2.37. The molecular formula is C6H14N2O. The molecule has 1 heterocycles. The van der Waals surface area contributed by atoms with E-state index in [1.807, 2.05) is 14.1 Å². The molecule has 3 heteroatoms. The summed E-state index contributed by atoms with van der Waals surface area (Å²) in [7, 11) is 3.97. The zero-order valence-electron chi connectivity index (χ0n) is 6.05. The van der Waals surface area contributed by atoms with E-state index in [1.165, 1.54) is 0 Å². The molecule has 3 nitrogen and oxygen atoms in total. The van der Waals surface area contributed by atoms with Gasteiger partial charge in [0.05, 0.1) is 6.61 Å². The first-order chi connectivity index (χ1) is 4.34. The molecule has 0 aromatic rings. The fourth-order valence-electron chi connectivity index (χ4n) is 1.01. The van der Waals surface area contributed by atoms with Gasteiger partial charge >= 0.3 is 0 Å². The van der Waals surface area contributed by atoms with Gasteiger partial charge in [0.25, 0.3) is 0 Å². The maximum atomic E-state index is 5.20. The van der Waals surface area contributed by atoms with Gasteiger partial charge in [0.2, 0.25) is 0 Å². The number of nitrogens with zero attached hydrogens (tertiary/aromatic N) is 1. The second-order valence-corrected chi connectivity index (χ2v) is 2.35. The van der Waals surface area contributed by atoms with Crippen LogP contribution in [0.15, 0.2) is 0 Å². The number of hydrogen-bond acceptors (Lipinski definition) is 3. The van der Waals surface area contributed by atoms with Crippen molar-refractivity contribution >= 4 is 0 Å². The van der Waals surface area contributed by atoms with Crippen LogP contribution in [0, 0.1) is 0 Å². The third-order valence-corrected chi connectivity index (χ3v) is 1.81. The fraction of sp³-hybridized carbons (Fsp3) is 1.00. The molecule has 1 fully saturated rings. The Morgan fingerprint density at radius 3 is 2.89 bits per heavy atom.